The van der Waals surface area contributed by atoms with Crippen LogP contribution in [0.4, 0.5) is 9.59 Å². The predicted molar refractivity (Wildman–Crippen MR) is 80.9 cm³/mol. The van der Waals surface area contributed by atoms with Gasteiger partial charge in [-0.15, -0.1) is 6.58 Å². The first kappa shape index (κ1) is 20.2. The second-order valence-corrected chi connectivity index (χ2v) is 5.93. The Morgan fingerprint density at radius 1 is 1.45 bits per heavy atom. The van der Waals surface area contributed by atoms with Crippen molar-refractivity contribution >= 4 is 29.1 Å². The third-order valence-electron chi connectivity index (χ3n) is 2.66. The van der Waals surface area contributed by atoms with Gasteiger partial charge >= 0.3 is 17.5 Å². The Morgan fingerprint density at radius 2 is 2.00 bits per heavy atom. The lowest BCUT2D eigenvalue weighted by Crippen LogP contribution is -2.46. The summed E-state index contributed by atoms with van der Waals surface area (Å²) in [6.45, 7) is 10.7. The van der Waals surface area contributed by atoms with Crippen LogP contribution in [0.25, 0.3) is 0 Å². The minimum atomic E-state index is -1.22. The molecule has 1 saturated carbocycles. The molecule has 0 saturated heterocycles. The summed E-state index contributed by atoms with van der Waals surface area (Å²) in [4.78, 5) is 32.1. The lowest BCUT2D eigenvalue weighted by Gasteiger charge is -2.22. The molecular weight excluding hydrogens is 314 g/mol. The summed E-state index contributed by atoms with van der Waals surface area (Å²) in [6.07, 6.45) is 1.19. The predicted octanol–water partition coefficient (Wildman–Crippen LogP) is 2.92. The molecule has 0 aliphatic heterocycles. The van der Waals surface area contributed by atoms with Gasteiger partial charge in [0.1, 0.15) is 11.1 Å². The topological polar surface area (TPSA) is 102 Å². The van der Waals surface area contributed by atoms with Crippen molar-refractivity contribution in [1.82, 2.24) is 5.32 Å². The molecule has 2 atom stereocenters. The Balaban J connectivity index is 0.000000626. The molecule has 2 unspecified atom stereocenters. The van der Waals surface area contributed by atoms with E-state index in [9.17, 15) is 14.4 Å². The second kappa shape index (κ2) is 8.03. The molecule has 1 aliphatic carbocycles. The minimum Gasteiger partial charge on any atom is -0.479 e. The minimum absolute atomic E-state index is 0.225. The number of alkyl carbamates (subject to hydrolysis) is 1. The van der Waals surface area contributed by atoms with E-state index in [-0.39, 0.29) is 5.92 Å². The average molecular weight is 336 g/mol. The first-order valence-electron chi connectivity index (χ1n) is 6.68. The maximum absolute atomic E-state index is 11.4. The molecule has 1 rings (SSSR count). The van der Waals surface area contributed by atoms with E-state index < -0.39 is 28.6 Å². The third-order valence-corrected chi connectivity index (χ3v) is 2.77. The summed E-state index contributed by atoms with van der Waals surface area (Å²) >= 11 is 4.72. The lowest BCUT2D eigenvalue weighted by molar-refractivity contribution is -0.141. The molecule has 7 nitrogen and oxygen atoms in total. The van der Waals surface area contributed by atoms with Crippen LogP contribution in [0.1, 0.15) is 34.1 Å². The number of hydrogen-bond acceptors (Lipinski definition) is 5. The van der Waals surface area contributed by atoms with E-state index in [1.165, 1.54) is 6.08 Å². The Hall–Kier alpha value is -1.76. The van der Waals surface area contributed by atoms with E-state index in [1.807, 2.05) is 0 Å². The van der Waals surface area contributed by atoms with Crippen LogP contribution >= 0.6 is 11.6 Å². The van der Waals surface area contributed by atoms with Gasteiger partial charge in [0.05, 0.1) is 6.61 Å². The molecule has 0 aromatic rings. The van der Waals surface area contributed by atoms with Crippen LogP contribution in [0.3, 0.4) is 0 Å². The fourth-order valence-electron chi connectivity index (χ4n) is 1.61. The third kappa shape index (κ3) is 6.80. The van der Waals surface area contributed by atoms with Gasteiger partial charge in [-0.1, -0.05) is 6.08 Å². The van der Waals surface area contributed by atoms with Crippen molar-refractivity contribution in [3.8, 4) is 0 Å². The number of carbonyl (C=O) groups is 3. The Morgan fingerprint density at radius 3 is 2.23 bits per heavy atom. The maximum atomic E-state index is 11.4. The van der Waals surface area contributed by atoms with Crippen molar-refractivity contribution in [3.05, 3.63) is 12.7 Å². The molecule has 0 aromatic carbocycles. The number of hydrogen-bond donors (Lipinski definition) is 2. The van der Waals surface area contributed by atoms with E-state index in [2.05, 4.69) is 16.6 Å². The number of carbonyl (C=O) groups excluding carboxylic acids is 2. The Kier molecular flexibility index (Phi) is 7.38. The highest BCUT2D eigenvalue weighted by atomic mass is 35.5. The molecule has 22 heavy (non-hydrogen) atoms. The molecule has 0 spiro atoms. The van der Waals surface area contributed by atoms with Crippen LogP contribution in [0.15, 0.2) is 12.7 Å². The molecule has 0 aromatic heterocycles. The number of rotatable bonds is 4. The van der Waals surface area contributed by atoms with Crippen molar-refractivity contribution in [3.63, 3.8) is 0 Å². The molecular formula is C14H22ClNO6. The van der Waals surface area contributed by atoms with Gasteiger partial charge in [-0.2, -0.15) is 0 Å². The van der Waals surface area contributed by atoms with Gasteiger partial charge in [0, 0.05) is 17.5 Å². The maximum Gasteiger partial charge on any atom is 0.408 e. The fraction of sp³-hybridized carbons (Fsp3) is 0.643. The zero-order chi connectivity index (χ0) is 17.6. The number of aliphatic carboxylic acids is 1. The standard InChI is InChI=1S/C11H17NO4.C3H5ClO2/c1-5-7-6-11(7,8(13)14)12-9(15)16-10(2,3)4;1-2-6-3(4)5/h5,7H,1,6H2,2-4H3,(H,12,15)(H,13,14);2H2,1H3. The Bertz CT molecular complexity index is 445. The largest absolute Gasteiger partial charge is 0.479 e. The van der Waals surface area contributed by atoms with E-state index in [1.54, 1.807) is 27.7 Å². The normalized spacial score (nSPS) is 22.5. The van der Waals surface area contributed by atoms with Crippen molar-refractivity contribution < 1.29 is 29.0 Å². The zero-order valence-corrected chi connectivity index (χ0v) is 13.9. The van der Waals surface area contributed by atoms with Crippen LogP contribution in [0.5, 0.6) is 0 Å². The van der Waals surface area contributed by atoms with E-state index in [0.717, 1.165) is 0 Å². The molecule has 2 N–H and O–H groups in total. The number of carboxylic acids is 1. The highest BCUT2D eigenvalue weighted by molar-refractivity contribution is 6.61. The van der Waals surface area contributed by atoms with Gasteiger partial charge in [-0.3, -0.25) is 0 Å². The SMILES string of the molecule is C=CC1CC1(NC(=O)OC(C)(C)C)C(=O)O.CCOC(=O)Cl. The van der Waals surface area contributed by atoms with Gasteiger partial charge in [0.2, 0.25) is 0 Å². The number of amides is 1. The zero-order valence-electron chi connectivity index (χ0n) is 13.1. The summed E-state index contributed by atoms with van der Waals surface area (Å²) in [5.74, 6) is -1.28. The van der Waals surface area contributed by atoms with Gasteiger partial charge in [-0.05, 0) is 34.1 Å². The van der Waals surface area contributed by atoms with E-state index in [0.29, 0.717) is 13.0 Å². The van der Waals surface area contributed by atoms with Crippen LogP contribution in [-0.2, 0) is 14.3 Å². The van der Waals surface area contributed by atoms with Gasteiger partial charge in [0.15, 0.2) is 0 Å². The molecule has 8 heteroatoms. The summed E-state index contributed by atoms with van der Waals surface area (Å²) in [5, 5.41) is 11.4. The van der Waals surface area contributed by atoms with Crippen molar-refractivity contribution in [1.29, 1.82) is 0 Å². The van der Waals surface area contributed by atoms with Crippen LogP contribution in [0.2, 0.25) is 0 Å². The van der Waals surface area contributed by atoms with Crippen LogP contribution in [0, 0.1) is 5.92 Å². The van der Waals surface area contributed by atoms with E-state index in [4.69, 9.17) is 21.4 Å². The molecule has 0 radical (unpaired) electrons. The second-order valence-electron chi connectivity index (χ2n) is 5.62. The van der Waals surface area contributed by atoms with Crippen LogP contribution < -0.4 is 5.32 Å². The average Bonchev–Trinajstić information content (AvgIpc) is 3.01. The molecule has 1 fully saturated rings. The molecule has 0 heterocycles. The first-order chi connectivity index (χ1) is 9.98. The molecule has 1 amide bonds. The van der Waals surface area contributed by atoms with Crippen molar-refractivity contribution in [2.75, 3.05) is 6.61 Å². The summed E-state index contributed by atoms with van der Waals surface area (Å²) in [5.41, 5.74) is -2.59. The smallest absolute Gasteiger partial charge is 0.408 e. The molecule has 126 valence electrons. The monoisotopic (exact) mass is 335 g/mol. The van der Waals surface area contributed by atoms with Crippen LogP contribution in [-0.4, -0.2) is 40.3 Å². The molecule has 0 bridgehead atoms. The summed E-state index contributed by atoms with van der Waals surface area (Å²) in [7, 11) is 0. The summed E-state index contributed by atoms with van der Waals surface area (Å²) < 4.78 is 9.18. The number of nitrogens with one attached hydrogen (secondary N) is 1. The fourth-order valence-corrected chi connectivity index (χ4v) is 1.72. The quantitative estimate of drug-likeness (QED) is 0.605. The first-order valence-corrected chi connectivity index (χ1v) is 7.05. The molecule has 1 aliphatic rings. The highest BCUT2D eigenvalue weighted by Crippen LogP contribution is 2.44. The van der Waals surface area contributed by atoms with Gasteiger partial charge < -0.3 is 19.9 Å². The van der Waals surface area contributed by atoms with Crippen molar-refractivity contribution in [2.24, 2.45) is 5.92 Å². The number of carboxylic acid groups (broad SMARTS) is 1. The summed E-state index contributed by atoms with van der Waals surface area (Å²) in [6, 6.07) is 0. The van der Waals surface area contributed by atoms with Gasteiger partial charge in [-0.25, -0.2) is 14.4 Å². The Labute approximate surface area is 134 Å². The lowest BCUT2D eigenvalue weighted by atomic mass is 10.2. The highest BCUT2D eigenvalue weighted by Gasteiger charge is 2.60. The van der Waals surface area contributed by atoms with E-state index >= 15 is 0 Å². The van der Waals surface area contributed by atoms with Crippen molar-refractivity contribution in [2.45, 2.75) is 45.3 Å². The number of halogens is 1. The number of ether oxygens (including phenoxy) is 2. The van der Waals surface area contributed by atoms with Gasteiger partial charge in [0.25, 0.3) is 0 Å².